The molecule has 0 radical (unpaired) electrons. The van der Waals surface area contributed by atoms with E-state index < -0.39 is 0 Å². The van der Waals surface area contributed by atoms with Gasteiger partial charge in [-0.1, -0.05) is 42.1 Å². The fraction of sp³-hybridized carbons (Fsp3) is 0.238. The minimum atomic E-state index is -0.285. The summed E-state index contributed by atoms with van der Waals surface area (Å²) in [6.07, 6.45) is -0.285. The number of nitrogens with one attached hydrogen (secondary N) is 1. The van der Waals surface area contributed by atoms with Crippen LogP contribution in [0.25, 0.3) is 0 Å². The van der Waals surface area contributed by atoms with E-state index in [4.69, 9.17) is 4.74 Å². The summed E-state index contributed by atoms with van der Waals surface area (Å²) in [5.41, 5.74) is 1.15. The molecule has 3 rings (SSSR count). The summed E-state index contributed by atoms with van der Waals surface area (Å²) >= 11 is 1.28. The van der Waals surface area contributed by atoms with Gasteiger partial charge in [0.1, 0.15) is 5.75 Å². The van der Waals surface area contributed by atoms with Crippen molar-refractivity contribution in [2.24, 2.45) is 7.05 Å². The molecule has 1 heterocycles. The van der Waals surface area contributed by atoms with Crippen LogP contribution in [-0.2, 0) is 11.8 Å². The lowest BCUT2D eigenvalue weighted by atomic mass is 10.1. The van der Waals surface area contributed by atoms with Crippen molar-refractivity contribution in [1.29, 1.82) is 0 Å². The van der Waals surface area contributed by atoms with Crippen molar-refractivity contribution in [3.8, 4) is 5.75 Å². The van der Waals surface area contributed by atoms with Crippen LogP contribution in [0.1, 0.15) is 36.1 Å². The van der Waals surface area contributed by atoms with E-state index in [0.29, 0.717) is 22.2 Å². The second kappa shape index (κ2) is 9.38. The van der Waals surface area contributed by atoms with Gasteiger partial charge in [-0.15, -0.1) is 10.2 Å². The first kappa shape index (κ1) is 20.6. The molecule has 29 heavy (non-hydrogen) atoms. The Morgan fingerprint density at radius 2 is 1.90 bits per heavy atom. The second-order valence-corrected chi connectivity index (χ2v) is 7.39. The Labute approximate surface area is 173 Å². The normalized spacial score (nSPS) is 11.7. The number of amides is 1. The zero-order valence-corrected chi connectivity index (χ0v) is 17.3. The largest absolute Gasteiger partial charge is 0.483 e. The average molecular weight is 410 g/mol. The molecule has 1 aromatic heterocycles. The number of hydrogen-bond acceptors (Lipinski definition) is 6. The predicted molar refractivity (Wildman–Crippen MR) is 112 cm³/mol. The molecule has 0 fully saturated rings. The molecule has 150 valence electrons. The molecule has 0 saturated heterocycles. The van der Waals surface area contributed by atoms with Gasteiger partial charge in [-0.2, -0.15) is 0 Å². The number of ether oxygens (including phenoxy) is 1. The number of carbonyl (C=O) groups excluding carboxylic acids is 2. The first-order chi connectivity index (χ1) is 13.9. The van der Waals surface area contributed by atoms with E-state index in [0.717, 1.165) is 5.75 Å². The number of thioether (sulfide) groups is 1. The van der Waals surface area contributed by atoms with Crippen molar-refractivity contribution < 1.29 is 14.3 Å². The van der Waals surface area contributed by atoms with Gasteiger partial charge in [-0.3, -0.25) is 9.59 Å². The van der Waals surface area contributed by atoms with Gasteiger partial charge in [0.2, 0.25) is 5.91 Å². The van der Waals surface area contributed by atoms with Gasteiger partial charge >= 0.3 is 0 Å². The Hall–Kier alpha value is -3.13. The van der Waals surface area contributed by atoms with Gasteiger partial charge in [-0.05, 0) is 38.1 Å². The Kier molecular flexibility index (Phi) is 6.66. The molecule has 0 spiro atoms. The molecule has 1 amide bonds. The van der Waals surface area contributed by atoms with E-state index >= 15 is 0 Å². The smallest absolute Gasteiger partial charge is 0.234 e. The maximum atomic E-state index is 12.3. The number of aromatic nitrogens is 3. The minimum Gasteiger partial charge on any atom is -0.483 e. The van der Waals surface area contributed by atoms with Crippen LogP contribution in [0.2, 0.25) is 0 Å². The number of carbonyl (C=O) groups is 2. The fourth-order valence-electron chi connectivity index (χ4n) is 2.70. The van der Waals surface area contributed by atoms with Gasteiger partial charge in [-0.25, -0.2) is 0 Å². The second-order valence-electron chi connectivity index (χ2n) is 6.45. The highest BCUT2D eigenvalue weighted by molar-refractivity contribution is 7.99. The lowest BCUT2D eigenvalue weighted by molar-refractivity contribution is -0.113. The van der Waals surface area contributed by atoms with Crippen molar-refractivity contribution >= 4 is 29.1 Å². The zero-order valence-electron chi connectivity index (χ0n) is 16.5. The molecule has 0 aliphatic rings. The summed E-state index contributed by atoms with van der Waals surface area (Å²) in [7, 11) is 1.84. The average Bonchev–Trinajstić information content (AvgIpc) is 3.08. The summed E-state index contributed by atoms with van der Waals surface area (Å²) in [6.45, 7) is 3.39. The topological polar surface area (TPSA) is 86.1 Å². The van der Waals surface area contributed by atoms with Crippen molar-refractivity contribution in [3.63, 3.8) is 0 Å². The Morgan fingerprint density at radius 3 is 2.62 bits per heavy atom. The lowest BCUT2D eigenvalue weighted by Gasteiger charge is -2.14. The number of rotatable bonds is 8. The number of nitrogens with zero attached hydrogens (tertiary/aromatic N) is 3. The third kappa shape index (κ3) is 5.45. The van der Waals surface area contributed by atoms with Gasteiger partial charge in [0, 0.05) is 18.3 Å². The van der Waals surface area contributed by atoms with Crippen LogP contribution in [0.4, 0.5) is 5.69 Å². The molecule has 7 nitrogen and oxygen atoms in total. The Bertz CT molecular complexity index is 1000. The first-order valence-corrected chi connectivity index (χ1v) is 10.1. The number of para-hydroxylation sites is 1. The highest BCUT2D eigenvalue weighted by atomic mass is 32.2. The summed E-state index contributed by atoms with van der Waals surface area (Å²) in [4.78, 5) is 23.7. The molecule has 0 bridgehead atoms. The van der Waals surface area contributed by atoms with E-state index in [1.807, 2.05) is 48.9 Å². The zero-order chi connectivity index (χ0) is 20.8. The van der Waals surface area contributed by atoms with E-state index in [1.54, 1.807) is 24.3 Å². The van der Waals surface area contributed by atoms with Crippen LogP contribution >= 0.6 is 11.8 Å². The quantitative estimate of drug-likeness (QED) is 0.448. The standard InChI is InChI=1S/C21H22N4O3S/c1-14(26)16-8-7-9-17(12-16)22-19(27)13-29-21-24-23-20(25(21)3)15(2)28-18-10-5-4-6-11-18/h4-12,15H,13H2,1-3H3,(H,22,27). The third-order valence-electron chi connectivity index (χ3n) is 4.17. The monoisotopic (exact) mass is 410 g/mol. The summed E-state index contributed by atoms with van der Waals surface area (Å²) in [5.74, 6) is 1.36. The number of anilines is 1. The number of hydrogen-bond donors (Lipinski definition) is 1. The maximum Gasteiger partial charge on any atom is 0.234 e. The molecule has 1 unspecified atom stereocenters. The van der Waals surface area contributed by atoms with Gasteiger partial charge in [0.05, 0.1) is 5.75 Å². The van der Waals surface area contributed by atoms with E-state index in [9.17, 15) is 9.59 Å². The van der Waals surface area contributed by atoms with Crippen molar-refractivity contribution in [1.82, 2.24) is 14.8 Å². The number of ketones is 1. The number of benzene rings is 2. The molecule has 2 aromatic carbocycles. The maximum absolute atomic E-state index is 12.3. The Balaban J connectivity index is 1.58. The van der Waals surface area contributed by atoms with Crippen molar-refractivity contribution in [2.45, 2.75) is 25.1 Å². The van der Waals surface area contributed by atoms with Gasteiger partial charge in [0.25, 0.3) is 0 Å². The van der Waals surface area contributed by atoms with Crippen LogP contribution in [0.5, 0.6) is 5.75 Å². The molecule has 0 aliphatic carbocycles. The fourth-order valence-corrected chi connectivity index (χ4v) is 3.42. The van der Waals surface area contributed by atoms with Crippen LogP contribution < -0.4 is 10.1 Å². The molecule has 3 aromatic rings. The molecule has 8 heteroatoms. The van der Waals surface area contributed by atoms with Crippen LogP contribution in [0, 0.1) is 0 Å². The van der Waals surface area contributed by atoms with Crippen LogP contribution in [-0.4, -0.2) is 32.2 Å². The van der Waals surface area contributed by atoms with Gasteiger partial charge < -0.3 is 14.6 Å². The Morgan fingerprint density at radius 1 is 1.14 bits per heavy atom. The van der Waals surface area contributed by atoms with Crippen molar-refractivity contribution in [3.05, 3.63) is 66.0 Å². The molecule has 0 aliphatic heterocycles. The lowest BCUT2D eigenvalue weighted by Crippen LogP contribution is -2.15. The molecular formula is C21H22N4O3S. The summed E-state index contributed by atoms with van der Waals surface area (Å²) < 4.78 is 7.71. The van der Waals surface area contributed by atoms with E-state index in [2.05, 4.69) is 15.5 Å². The summed E-state index contributed by atoms with van der Waals surface area (Å²) in [5, 5.41) is 11.8. The highest BCUT2D eigenvalue weighted by Crippen LogP contribution is 2.23. The molecule has 1 N–H and O–H groups in total. The number of Topliss-reactive ketones (excluding diaryl/α,β-unsaturated/α-hetero) is 1. The SMILES string of the molecule is CC(=O)c1cccc(NC(=O)CSc2nnc(C(C)Oc3ccccc3)n2C)c1. The highest BCUT2D eigenvalue weighted by Gasteiger charge is 2.18. The first-order valence-electron chi connectivity index (χ1n) is 9.08. The molecule has 1 atom stereocenters. The molecular weight excluding hydrogens is 388 g/mol. The summed E-state index contributed by atoms with van der Waals surface area (Å²) in [6, 6.07) is 16.4. The van der Waals surface area contributed by atoms with E-state index in [-0.39, 0.29) is 23.5 Å². The van der Waals surface area contributed by atoms with Crippen molar-refractivity contribution in [2.75, 3.05) is 11.1 Å². The van der Waals surface area contributed by atoms with Crippen LogP contribution in [0.3, 0.4) is 0 Å². The van der Waals surface area contributed by atoms with Gasteiger partial charge in [0.15, 0.2) is 22.9 Å². The third-order valence-corrected chi connectivity index (χ3v) is 5.19. The molecule has 0 saturated carbocycles. The van der Waals surface area contributed by atoms with E-state index in [1.165, 1.54) is 18.7 Å². The predicted octanol–water partition coefficient (Wildman–Crippen LogP) is 3.89. The van der Waals surface area contributed by atoms with Crippen LogP contribution in [0.15, 0.2) is 59.8 Å². The minimum absolute atomic E-state index is 0.0473.